The number of rotatable bonds is 4. The van der Waals surface area contributed by atoms with Crippen molar-refractivity contribution in [2.24, 2.45) is 5.41 Å². The van der Waals surface area contributed by atoms with Crippen LogP contribution in [0.3, 0.4) is 0 Å². The minimum absolute atomic E-state index is 0.182. The van der Waals surface area contributed by atoms with Crippen LogP contribution >= 0.6 is 0 Å². The van der Waals surface area contributed by atoms with Crippen molar-refractivity contribution in [3.05, 3.63) is 53.3 Å². The monoisotopic (exact) mass is 382 g/mol. The maximum atomic E-state index is 12.6. The summed E-state index contributed by atoms with van der Waals surface area (Å²) in [4.78, 5) is 24.7. The first-order chi connectivity index (χ1) is 13.2. The van der Waals surface area contributed by atoms with E-state index in [4.69, 9.17) is 18.9 Å². The lowest BCUT2D eigenvalue weighted by atomic mass is 9.97. The molecule has 6 nitrogen and oxygen atoms in total. The molecular weight excluding hydrogens is 360 g/mol. The highest BCUT2D eigenvalue weighted by molar-refractivity contribution is 6.14. The van der Waals surface area contributed by atoms with Crippen LogP contribution in [-0.4, -0.2) is 26.0 Å². The summed E-state index contributed by atoms with van der Waals surface area (Å²) in [5.41, 5.74) is 0.518. The Balaban J connectivity index is 1.85. The van der Waals surface area contributed by atoms with Gasteiger partial charge >= 0.3 is 5.97 Å². The van der Waals surface area contributed by atoms with Gasteiger partial charge < -0.3 is 18.9 Å². The van der Waals surface area contributed by atoms with Crippen molar-refractivity contribution in [3.63, 3.8) is 0 Å². The van der Waals surface area contributed by atoms with E-state index in [0.29, 0.717) is 28.6 Å². The Labute approximate surface area is 163 Å². The SMILES string of the molecule is COc1ccc(/C=C2\Oc3cc(OC(=O)C(C)(C)C)ccc3C2=O)cc1OC. The van der Waals surface area contributed by atoms with Gasteiger partial charge in [-0.25, -0.2) is 0 Å². The number of carbonyl (C=O) groups is 2. The number of allylic oxidation sites excluding steroid dienone is 1. The molecule has 2 aromatic rings. The van der Waals surface area contributed by atoms with Crippen molar-refractivity contribution >= 4 is 17.8 Å². The predicted octanol–water partition coefficient (Wildman–Crippen LogP) is 4.27. The van der Waals surface area contributed by atoms with Gasteiger partial charge in [0.2, 0.25) is 5.78 Å². The molecule has 0 aromatic heterocycles. The molecule has 0 amide bonds. The van der Waals surface area contributed by atoms with E-state index in [0.717, 1.165) is 5.56 Å². The molecule has 0 radical (unpaired) electrons. The Morgan fingerprint density at radius 3 is 2.36 bits per heavy atom. The van der Waals surface area contributed by atoms with E-state index in [2.05, 4.69) is 0 Å². The zero-order chi connectivity index (χ0) is 20.5. The molecule has 28 heavy (non-hydrogen) atoms. The minimum Gasteiger partial charge on any atom is -0.493 e. The van der Waals surface area contributed by atoms with Crippen LogP contribution in [0.25, 0.3) is 6.08 Å². The number of Topliss-reactive ketones (excluding diaryl/α,β-unsaturated/α-hetero) is 1. The number of ketones is 1. The summed E-state index contributed by atoms with van der Waals surface area (Å²) in [6.45, 7) is 5.31. The van der Waals surface area contributed by atoms with E-state index in [9.17, 15) is 9.59 Å². The van der Waals surface area contributed by atoms with Gasteiger partial charge in [-0.1, -0.05) is 6.07 Å². The number of hydrogen-bond acceptors (Lipinski definition) is 6. The normalized spacial score (nSPS) is 14.5. The van der Waals surface area contributed by atoms with Gasteiger partial charge in [-0.05, 0) is 56.7 Å². The quantitative estimate of drug-likeness (QED) is 0.447. The molecule has 0 saturated carbocycles. The molecule has 0 unspecified atom stereocenters. The molecule has 0 fully saturated rings. The molecule has 0 atom stereocenters. The number of esters is 1. The van der Waals surface area contributed by atoms with Gasteiger partial charge in [-0.2, -0.15) is 0 Å². The average Bonchev–Trinajstić information content (AvgIpc) is 2.95. The number of fused-ring (bicyclic) bond motifs is 1. The summed E-state index contributed by atoms with van der Waals surface area (Å²) in [5.74, 6) is 1.42. The van der Waals surface area contributed by atoms with Crippen molar-refractivity contribution in [1.82, 2.24) is 0 Å². The van der Waals surface area contributed by atoms with E-state index < -0.39 is 5.41 Å². The molecule has 0 bridgehead atoms. The van der Waals surface area contributed by atoms with Crippen molar-refractivity contribution in [1.29, 1.82) is 0 Å². The van der Waals surface area contributed by atoms with Gasteiger partial charge in [-0.3, -0.25) is 9.59 Å². The molecule has 1 heterocycles. The van der Waals surface area contributed by atoms with Gasteiger partial charge in [0.1, 0.15) is 11.5 Å². The molecule has 0 saturated heterocycles. The Morgan fingerprint density at radius 1 is 1.00 bits per heavy atom. The molecule has 1 aliphatic rings. The molecule has 6 heteroatoms. The predicted molar refractivity (Wildman–Crippen MR) is 104 cm³/mol. The molecule has 2 aromatic carbocycles. The van der Waals surface area contributed by atoms with Gasteiger partial charge in [-0.15, -0.1) is 0 Å². The van der Waals surface area contributed by atoms with Crippen molar-refractivity contribution in [2.75, 3.05) is 14.2 Å². The van der Waals surface area contributed by atoms with Crippen LogP contribution in [0.1, 0.15) is 36.7 Å². The van der Waals surface area contributed by atoms with Gasteiger partial charge in [0.15, 0.2) is 17.3 Å². The highest BCUT2D eigenvalue weighted by atomic mass is 16.5. The Bertz CT molecular complexity index is 965. The highest BCUT2D eigenvalue weighted by Crippen LogP contribution is 2.36. The lowest BCUT2D eigenvalue weighted by Crippen LogP contribution is -2.25. The smallest absolute Gasteiger partial charge is 0.316 e. The van der Waals surface area contributed by atoms with E-state index >= 15 is 0 Å². The lowest BCUT2D eigenvalue weighted by Gasteiger charge is -2.16. The molecular formula is C22H22O6. The number of hydrogen-bond donors (Lipinski definition) is 0. The zero-order valence-electron chi connectivity index (χ0n) is 16.5. The second-order valence-electron chi connectivity index (χ2n) is 7.35. The van der Waals surface area contributed by atoms with E-state index in [-0.39, 0.29) is 17.5 Å². The third-order valence-electron chi connectivity index (χ3n) is 4.17. The largest absolute Gasteiger partial charge is 0.493 e. The highest BCUT2D eigenvalue weighted by Gasteiger charge is 2.29. The molecule has 0 aliphatic carbocycles. The Kier molecular flexibility index (Phi) is 5.14. The number of methoxy groups -OCH3 is 2. The van der Waals surface area contributed by atoms with Crippen LogP contribution < -0.4 is 18.9 Å². The third-order valence-corrected chi connectivity index (χ3v) is 4.17. The lowest BCUT2D eigenvalue weighted by molar-refractivity contribution is -0.143. The minimum atomic E-state index is -0.631. The Hall–Kier alpha value is -3.28. The first-order valence-electron chi connectivity index (χ1n) is 8.75. The summed E-state index contributed by atoms with van der Waals surface area (Å²) >= 11 is 0. The van der Waals surface area contributed by atoms with Crippen molar-refractivity contribution < 1.29 is 28.5 Å². The van der Waals surface area contributed by atoms with Crippen LogP contribution in [0.5, 0.6) is 23.0 Å². The second-order valence-corrected chi connectivity index (χ2v) is 7.35. The summed E-state index contributed by atoms with van der Waals surface area (Å²) in [6, 6.07) is 10.0. The van der Waals surface area contributed by atoms with Crippen LogP contribution in [0.2, 0.25) is 0 Å². The van der Waals surface area contributed by atoms with Crippen LogP contribution in [-0.2, 0) is 4.79 Å². The fourth-order valence-electron chi connectivity index (χ4n) is 2.58. The zero-order valence-corrected chi connectivity index (χ0v) is 16.5. The van der Waals surface area contributed by atoms with Crippen LogP contribution in [0, 0.1) is 5.41 Å². The van der Waals surface area contributed by atoms with E-state index in [1.807, 2.05) is 0 Å². The van der Waals surface area contributed by atoms with Crippen molar-refractivity contribution in [3.8, 4) is 23.0 Å². The molecule has 1 aliphatic heterocycles. The molecule has 3 rings (SSSR count). The fourth-order valence-corrected chi connectivity index (χ4v) is 2.58. The maximum Gasteiger partial charge on any atom is 0.316 e. The average molecular weight is 382 g/mol. The van der Waals surface area contributed by atoms with E-state index in [1.165, 1.54) is 0 Å². The summed E-state index contributed by atoms with van der Waals surface area (Å²) in [6.07, 6.45) is 1.63. The molecule has 0 N–H and O–H groups in total. The first-order valence-corrected chi connectivity index (χ1v) is 8.75. The number of carbonyl (C=O) groups excluding carboxylic acids is 2. The van der Waals surface area contributed by atoms with Gasteiger partial charge in [0.25, 0.3) is 0 Å². The number of ether oxygens (including phenoxy) is 4. The third kappa shape index (κ3) is 3.86. The van der Waals surface area contributed by atoms with Crippen molar-refractivity contribution in [2.45, 2.75) is 20.8 Å². The van der Waals surface area contributed by atoms with Gasteiger partial charge in [0.05, 0.1) is 25.2 Å². The maximum absolute atomic E-state index is 12.6. The van der Waals surface area contributed by atoms with E-state index in [1.54, 1.807) is 77.5 Å². The fraction of sp³-hybridized carbons (Fsp3) is 0.273. The molecule has 0 spiro atoms. The standard InChI is InChI=1S/C22H22O6/c1-22(2,3)21(24)27-14-7-8-15-17(12-14)28-19(20(15)23)11-13-6-9-16(25-4)18(10-13)26-5/h6-12H,1-5H3/b19-11-. The summed E-state index contributed by atoms with van der Waals surface area (Å²) in [5, 5.41) is 0. The second kappa shape index (κ2) is 7.38. The summed E-state index contributed by atoms with van der Waals surface area (Å²) in [7, 11) is 3.10. The first kappa shape index (κ1) is 19.5. The van der Waals surface area contributed by atoms with Crippen LogP contribution in [0.15, 0.2) is 42.2 Å². The Morgan fingerprint density at radius 2 is 1.71 bits per heavy atom. The summed E-state index contributed by atoms with van der Waals surface area (Å²) < 4.78 is 21.6. The van der Waals surface area contributed by atoms with Crippen LogP contribution in [0.4, 0.5) is 0 Å². The van der Waals surface area contributed by atoms with Gasteiger partial charge in [0, 0.05) is 6.07 Å². The topological polar surface area (TPSA) is 71.1 Å². The molecule has 146 valence electrons. The number of benzene rings is 2.